The predicted molar refractivity (Wildman–Crippen MR) is 107 cm³/mol. The number of amides is 2. The second kappa shape index (κ2) is 8.99. The molecule has 1 aliphatic heterocycles. The molecule has 2 amide bonds. The van der Waals surface area contributed by atoms with Gasteiger partial charge in [0.15, 0.2) is 5.82 Å². The van der Waals surface area contributed by atoms with E-state index in [0.717, 1.165) is 24.2 Å². The lowest BCUT2D eigenvalue weighted by atomic mass is 9.95. The van der Waals surface area contributed by atoms with Crippen LogP contribution in [0.4, 0.5) is 0 Å². The number of benzene rings is 1. The fourth-order valence-corrected chi connectivity index (χ4v) is 3.73. The number of piperidine rings is 1. The van der Waals surface area contributed by atoms with Crippen molar-refractivity contribution in [1.29, 1.82) is 0 Å². The molecule has 1 unspecified atom stereocenters. The molecule has 150 valence electrons. The summed E-state index contributed by atoms with van der Waals surface area (Å²) in [5.41, 5.74) is 0.969. The van der Waals surface area contributed by atoms with Crippen LogP contribution in [0.5, 0.6) is 0 Å². The van der Waals surface area contributed by atoms with E-state index >= 15 is 0 Å². The highest BCUT2D eigenvalue weighted by molar-refractivity contribution is 5.87. The Balaban J connectivity index is 1.70. The van der Waals surface area contributed by atoms with Gasteiger partial charge in [0.05, 0.1) is 0 Å². The van der Waals surface area contributed by atoms with Gasteiger partial charge in [-0.1, -0.05) is 44.2 Å². The third-order valence-electron chi connectivity index (χ3n) is 5.04. The quantitative estimate of drug-likeness (QED) is 0.802. The zero-order chi connectivity index (χ0) is 20.1. The highest BCUT2D eigenvalue weighted by atomic mass is 16.2. The number of carbonyl (C=O) groups is 2. The number of aromatic nitrogens is 3. The van der Waals surface area contributed by atoms with Crippen LogP contribution >= 0.6 is 0 Å². The van der Waals surface area contributed by atoms with Crippen molar-refractivity contribution in [2.45, 2.75) is 52.0 Å². The van der Waals surface area contributed by atoms with Gasteiger partial charge in [-0.25, -0.2) is 4.98 Å². The van der Waals surface area contributed by atoms with Crippen LogP contribution in [0.2, 0.25) is 0 Å². The third-order valence-corrected chi connectivity index (χ3v) is 5.04. The Morgan fingerprint density at radius 2 is 2.04 bits per heavy atom. The van der Waals surface area contributed by atoms with E-state index in [-0.39, 0.29) is 17.7 Å². The maximum Gasteiger partial charge on any atom is 0.245 e. The summed E-state index contributed by atoms with van der Waals surface area (Å²) in [6.45, 7) is 6.88. The van der Waals surface area contributed by atoms with Gasteiger partial charge >= 0.3 is 0 Å². The standard InChI is InChI=1S/C21H29N5O2/c1-14(2)12-18(22-15(3)27)21(28)26-11-7-10-17(13-26)20-23-19(24-25-20)16-8-5-4-6-9-16/h4-6,8-9,14,17-18H,7,10-13H2,1-3H3,(H,22,27)(H,23,24,25)/t17?,18-/m0/s1. The summed E-state index contributed by atoms with van der Waals surface area (Å²) in [4.78, 5) is 31.1. The minimum Gasteiger partial charge on any atom is -0.345 e. The van der Waals surface area contributed by atoms with Crippen molar-refractivity contribution in [3.8, 4) is 11.4 Å². The second-order valence-corrected chi connectivity index (χ2v) is 7.92. The Hall–Kier alpha value is -2.70. The van der Waals surface area contributed by atoms with E-state index in [2.05, 4.69) is 34.3 Å². The maximum absolute atomic E-state index is 13.0. The van der Waals surface area contributed by atoms with Crippen molar-refractivity contribution in [1.82, 2.24) is 25.4 Å². The first kappa shape index (κ1) is 20.0. The molecule has 0 saturated carbocycles. The van der Waals surface area contributed by atoms with Gasteiger partial charge in [0.1, 0.15) is 11.9 Å². The molecule has 0 bridgehead atoms. The molecule has 2 heterocycles. The first-order valence-electron chi connectivity index (χ1n) is 9.97. The van der Waals surface area contributed by atoms with Crippen LogP contribution in [0.25, 0.3) is 11.4 Å². The van der Waals surface area contributed by atoms with Crippen LogP contribution in [-0.2, 0) is 9.59 Å². The van der Waals surface area contributed by atoms with Crippen molar-refractivity contribution in [3.05, 3.63) is 36.2 Å². The molecule has 0 aliphatic carbocycles. The molecule has 0 radical (unpaired) electrons. The van der Waals surface area contributed by atoms with Gasteiger partial charge in [-0.15, -0.1) is 0 Å². The summed E-state index contributed by atoms with van der Waals surface area (Å²) in [5, 5.41) is 10.2. The molecule has 1 saturated heterocycles. The predicted octanol–water partition coefficient (Wildman–Crippen LogP) is 2.73. The van der Waals surface area contributed by atoms with Crippen LogP contribution in [0, 0.1) is 5.92 Å². The number of H-pyrrole nitrogens is 1. The van der Waals surface area contributed by atoms with Gasteiger partial charge in [-0.2, -0.15) is 5.10 Å². The monoisotopic (exact) mass is 383 g/mol. The molecular formula is C21H29N5O2. The van der Waals surface area contributed by atoms with Crippen LogP contribution in [0.15, 0.2) is 30.3 Å². The topological polar surface area (TPSA) is 91.0 Å². The van der Waals surface area contributed by atoms with Gasteiger partial charge < -0.3 is 10.2 Å². The lowest BCUT2D eigenvalue weighted by Gasteiger charge is -2.34. The Labute approximate surface area is 165 Å². The highest BCUT2D eigenvalue weighted by Gasteiger charge is 2.31. The van der Waals surface area contributed by atoms with Gasteiger partial charge in [0.2, 0.25) is 11.8 Å². The molecule has 28 heavy (non-hydrogen) atoms. The molecule has 2 aromatic rings. The number of rotatable bonds is 6. The Morgan fingerprint density at radius 3 is 2.71 bits per heavy atom. The number of hydrogen-bond donors (Lipinski definition) is 2. The highest BCUT2D eigenvalue weighted by Crippen LogP contribution is 2.27. The normalized spacial score (nSPS) is 18.1. The molecule has 2 atom stereocenters. The van der Waals surface area contributed by atoms with Crippen LogP contribution in [0.1, 0.15) is 51.8 Å². The summed E-state index contributed by atoms with van der Waals surface area (Å²) in [5.74, 6) is 1.77. The average molecular weight is 383 g/mol. The first-order valence-corrected chi connectivity index (χ1v) is 9.97. The molecule has 7 nitrogen and oxygen atoms in total. The molecule has 0 spiro atoms. The maximum atomic E-state index is 13.0. The van der Waals surface area contributed by atoms with Gasteiger partial charge in [-0.05, 0) is 25.2 Å². The van der Waals surface area contributed by atoms with Gasteiger partial charge in [0, 0.05) is 31.5 Å². The van der Waals surface area contributed by atoms with Crippen LogP contribution < -0.4 is 5.32 Å². The van der Waals surface area contributed by atoms with Gasteiger partial charge in [-0.3, -0.25) is 14.7 Å². The minimum atomic E-state index is -0.467. The first-order chi connectivity index (χ1) is 13.4. The SMILES string of the molecule is CC(=O)N[C@@H](CC(C)C)C(=O)N1CCCC(c2nc(-c3ccccc3)n[nH]2)C1. The molecule has 1 aromatic heterocycles. The second-order valence-electron chi connectivity index (χ2n) is 7.92. The van der Waals surface area contributed by atoms with E-state index in [4.69, 9.17) is 0 Å². The fourth-order valence-electron chi connectivity index (χ4n) is 3.73. The van der Waals surface area contributed by atoms with Crippen molar-refractivity contribution in [2.24, 2.45) is 5.92 Å². The van der Waals surface area contributed by atoms with Crippen molar-refractivity contribution in [3.63, 3.8) is 0 Å². The van der Waals surface area contributed by atoms with E-state index in [1.165, 1.54) is 6.92 Å². The Kier molecular flexibility index (Phi) is 6.44. The number of aromatic amines is 1. The zero-order valence-corrected chi connectivity index (χ0v) is 16.8. The summed E-state index contributed by atoms with van der Waals surface area (Å²) in [7, 11) is 0. The average Bonchev–Trinajstić information content (AvgIpc) is 3.17. The molecular weight excluding hydrogens is 354 g/mol. The largest absolute Gasteiger partial charge is 0.345 e. The van der Waals surface area contributed by atoms with Crippen molar-refractivity contribution >= 4 is 11.8 Å². The smallest absolute Gasteiger partial charge is 0.245 e. The van der Waals surface area contributed by atoms with E-state index < -0.39 is 6.04 Å². The Bertz CT molecular complexity index is 802. The lowest BCUT2D eigenvalue weighted by Crippen LogP contribution is -2.51. The lowest BCUT2D eigenvalue weighted by molar-refractivity contribution is -0.137. The number of nitrogens with one attached hydrogen (secondary N) is 2. The number of hydrogen-bond acceptors (Lipinski definition) is 4. The summed E-state index contributed by atoms with van der Waals surface area (Å²) in [6.07, 6.45) is 2.51. The molecule has 2 N–H and O–H groups in total. The summed E-state index contributed by atoms with van der Waals surface area (Å²) >= 11 is 0. The van der Waals surface area contributed by atoms with E-state index in [0.29, 0.717) is 31.3 Å². The van der Waals surface area contributed by atoms with Crippen LogP contribution in [-0.4, -0.2) is 51.0 Å². The summed E-state index contributed by atoms with van der Waals surface area (Å²) in [6, 6.07) is 9.38. The molecule has 7 heteroatoms. The molecule has 3 rings (SSSR count). The number of likely N-dealkylation sites (tertiary alicyclic amines) is 1. The summed E-state index contributed by atoms with van der Waals surface area (Å²) < 4.78 is 0. The minimum absolute atomic E-state index is 0.00334. The van der Waals surface area contributed by atoms with Crippen molar-refractivity contribution in [2.75, 3.05) is 13.1 Å². The third kappa shape index (κ3) is 4.97. The fraction of sp³-hybridized carbons (Fsp3) is 0.524. The van der Waals surface area contributed by atoms with Crippen LogP contribution in [0.3, 0.4) is 0 Å². The van der Waals surface area contributed by atoms with E-state index in [1.807, 2.05) is 35.2 Å². The zero-order valence-electron chi connectivity index (χ0n) is 16.8. The molecule has 1 fully saturated rings. The van der Waals surface area contributed by atoms with Crippen molar-refractivity contribution < 1.29 is 9.59 Å². The molecule has 1 aromatic carbocycles. The number of nitrogens with zero attached hydrogens (tertiary/aromatic N) is 3. The van der Waals surface area contributed by atoms with Gasteiger partial charge in [0.25, 0.3) is 0 Å². The Morgan fingerprint density at radius 1 is 1.29 bits per heavy atom. The number of carbonyl (C=O) groups excluding carboxylic acids is 2. The molecule has 1 aliphatic rings. The van der Waals surface area contributed by atoms with E-state index in [9.17, 15) is 9.59 Å². The van der Waals surface area contributed by atoms with E-state index in [1.54, 1.807) is 0 Å².